The Morgan fingerprint density at radius 3 is 2.74 bits per heavy atom. The minimum atomic E-state index is -4.08. The number of fused-ring (bicyclic) bond motifs is 3. The fourth-order valence-corrected chi connectivity index (χ4v) is 6.96. The number of nitrogens with one attached hydrogen (secondary N) is 2. The van der Waals surface area contributed by atoms with Crippen molar-refractivity contribution in [3.63, 3.8) is 0 Å². The van der Waals surface area contributed by atoms with Gasteiger partial charge in [0.15, 0.2) is 0 Å². The first kappa shape index (κ1) is 28.0. The van der Waals surface area contributed by atoms with Crippen LogP contribution in [0.4, 0.5) is 5.69 Å². The minimum Gasteiger partial charge on any atom is -0.487 e. The Balaban J connectivity index is 1.52. The number of nitrogens with zero attached hydrogens (tertiary/aromatic N) is 1. The molecule has 10 heteroatoms. The van der Waals surface area contributed by atoms with E-state index in [1.165, 1.54) is 5.56 Å². The van der Waals surface area contributed by atoms with Crippen LogP contribution in [-0.4, -0.2) is 44.7 Å². The maximum atomic E-state index is 13.1. The molecular formula is C29H36ClN3O5S. The molecule has 0 radical (unpaired) electrons. The summed E-state index contributed by atoms with van der Waals surface area (Å²) in [5.41, 5.74) is 3.22. The molecular weight excluding hydrogens is 538 g/mol. The van der Waals surface area contributed by atoms with Crippen molar-refractivity contribution in [2.45, 2.75) is 64.2 Å². The Morgan fingerprint density at radius 1 is 1.10 bits per heavy atom. The number of carbonyl (C=O) groups is 1. The van der Waals surface area contributed by atoms with Crippen LogP contribution in [0.5, 0.6) is 5.75 Å². The third kappa shape index (κ3) is 6.77. The highest BCUT2D eigenvalue weighted by atomic mass is 35.5. The molecule has 1 saturated carbocycles. The molecule has 3 N–H and O–H groups in total. The van der Waals surface area contributed by atoms with E-state index in [0.29, 0.717) is 36.3 Å². The molecule has 1 amide bonds. The van der Waals surface area contributed by atoms with E-state index in [1.807, 2.05) is 24.3 Å². The van der Waals surface area contributed by atoms with Gasteiger partial charge in [-0.05, 0) is 98.7 Å². The number of aliphatic hydroxyl groups is 1. The average Bonchev–Trinajstić information content (AvgIpc) is 2.88. The van der Waals surface area contributed by atoms with Gasteiger partial charge in [0, 0.05) is 29.7 Å². The van der Waals surface area contributed by atoms with Crippen molar-refractivity contribution < 1.29 is 23.1 Å². The summed E-state index contributed by atoms with van der Waals surface area (Å²) < 4.78 is 36.3. The topological polar surface area (TPSA) is 108 Å². The Hall–Kier alpha value is -2.59. The predicted molar refractivity (Wildman–Crippen MR) is 152 cm³/mol. The lowest BCUT2D eigenvalue weighted by Crippen LogP contribution is -2.44. The summed E-state index contributed by atoms with van der Waals surface area (Å²) in [6.45, 7) is 3.52. The Morgan fingerprint density at radius 2 is 1.95 bits per heavy atom. The first-order valence-corrected chi connectivity index (χ1v) is 15.5. The summed E-state index contributed by atoms with van der Waals surface area (Å²) >= 11 is 6.28. The molecule has 0 spiro atoms. The number of halogens is 1. The van der Waals surface area contributed by atoms with Gasteiger partial charge in [-0.2, -0.15) is 13.1 Å². The van der Waals surface area contributed by atoms with Crippen LogP contribution in [-0.2, 0) is 23.2 Å². The van der Waals surface area contributed by atoms with E-state index in [-0.39, 0.29) is 11.5 Å². The van der Waals surface area contributed by atoms with Gasteiger partial charge in [-0.3, -0.25) is 4.79 Å². The summed E-state index contributed by atoms with van der Waals surface area (Å²) in [6.07, 6.45) is 8.11. The van der Waals surface area contributed by atoms with Crippen LogP contribution < -0.4 is 19.1 Å². The molecule has 1 fully saturated rings. The molecule has 5 rings (SSSR count). The summed E-state index contributed by atoms with van der Waals surface area (Å²) in [7, 11) is -4.08. The lowest BCUT2D eigenvalue weighted by atomic mass is 9.70. The number of aliphatic hydroxyl groups excluding tert-OH is 1. The van der Waals surface area contributed by atoms with Crippen molar-refractivity contribution in [2.75, 3.05) is 18.0 Å². The number of hydrogen-bond donors (Lipinski definition) is 3. The lowest BCUT2D eigenvalue weighted by molar-refractivity contribution is 0.0461. The monoisotopic (exact) mass is 573 g/mol. The molecule has 2 heterocycles. The molecule has 2 aromatic carbocycles. The molecule has 1 unspecified atom stereocenters. The summed E-state index contributed by atoms with van der Waals surface area (Å²) in [5, 5.41) is 11.6. The molecule has 8 nitrogen and oxygen atoms in total. The molecule has 2 bridgehead atoms. The van der Waals surface area contributed by atoms with Crippen LogP contribution in [0, 0.1) is 11.8 Å². The molecule has 2 aromatic rings. The van der Waals surface area contributed by atoms with Gasteiger partial charge < -0.3 is 14.7 Å². The van der Waals surface area contributed by atoms with Gasteiger partial charge >= 0.3 is 10.2 Å². The normalized spacial score (nSPS) is 28.4. The van der Waals surface area contributed by atoms with Crippen molar-refractivity contribution in [3.8, 4) is 5.75 Å². The highest BCUT2D eigenvalue weighted by Gasteiger charge is 2.37. The minimum absolute atomic E-state index is 0.126. The van der Waals surface area contributed by atoms with Gasteiger partial charge in [0.1, 0.15) is 12.4 Å². The smallest absolute Gasteiger partial charge is 0.301 e. The van der Waals surface area contributed by atoms with Gasteiger partial charge in [0.05, 0.1) is 11.8 Å². The maximum absolute atomic E-state index is 13.1. The van der Waals surface area contributed by atoms with E-state index in [0.717, 1.165) is 49.9 Å². The maximum Gasteiger partial charge on any atom is 0.301 e. The Bertz CT molecular complexity index is 1350. The standard InChI is InChI=1S/C29H36ClN3O5S/c1-19-5-4-7-27(34)25-12-9-22(25)17-33-14-3-2-6-20-15-24(30)11-8-23(20)18-38-28-13-10-21(16-26(28)33)29(35)32-39(36,37)31-19/h4,7-8,10-11,13,15-16,19,22,25,27,31,34H,2-3,5-6,9,12,14,17-18H2,1H3,(H,32,35)/b7-4+/t19-,22-,25+,27?/m0/s1. The fraction of sp³-hybridized carbons (Fsp3) is 0.483. The average molecular weight is 574 g/mol. The van der Waals surface area contributed by atoms with Crippen molar-refractivity contribution in [1.29, 1.82) is 0 Å². The van der Waals surface area contributed by atoms with Crippen LogP contribution >= 0.6 is 11.6 Å². The largest absolute Gasteiger partial charge is 0.487 e. The number of carbonyl (C=O) groups excluding carboxylic acids is 1. The van der Waals surface area contributed by atoms with E-state index in [4.69, 9.17) is 16.3 Å². The molecule has 39 heavy (non-hydrogen) atoms. The lowest BCUT2D eigenvalue weighted by Gasteiger charge is -2.42. The zero-order valence-corrected chi connectivity index (χ0v) is 23.7. The Labute approximate surface area is 235 Å². The van der Waals surface area contributed by atoms with Crippen molar-refractivity contribution in [2.24, 2.45) is 11.8 Å². The van der Waals surface area contributed by atoms with Gasteiger partial charge in [-0.25, -0.2) is 4.72 Å². The second kappa shape index (κ2) is 11.9. The molecule has 4 atom stereocenters. The summed E-state index contributed by atoms with van der Waals surface area (Å²) in [6, 6.07) is 10.5. The SMILES string of the molecule is C[C@H]1C/C=C/C(O)[C@@H]2CC[C@H]2CN2CCCCc3cc(Cl)ccc3COc3ccc(cc32)C(=O)NS(=O)(=O)N1. The first-order chi connectivity index (χ1) is 18.7. The molecule has 210 valence electrons. The van der Waals surface area contributed by atoms with Gasteiger partial charge in [0.2, 0.25) is 0 Å². The molecule has 2 aliphatic heterocycles. The van der Waals surface area contributed by atoms with E-state index in [2.05, 4.69) is 14.3 Å². The van der Waals surface area contributed by atoms with Crippen LogP contribution in [0.2, 0.25) is 5.02 Å². The zero-order chi connectivity index (χ0) is 27.6. The number of ether oxygens (including phenoxy) is 1. The quantitative estimate of drug-likeness (QED) is 0.404. The molecule has 3 aliphatic rings. The van der Waals surface area contributed by atoms with Gasteiger partial charge in [-0.15, -0.1) is 0 Å². The molecule has 0 saturated heterocycles. The predicted octanol–water partition coefficient (Wildman–Crippen LogP) is 4.36. The van der Waals surface area contributed by atoms with E-state index in [1.54, 1.807) is 31.2 Å². The number of benzene rings is 2. The van der Waals surface area contributed by atoms with Crippen LogP contribution in [0.15, 0.2) is 48.6 Å². The van der Waals surface area contributed by atoms with Gasteiger partial charge in [-0.1, -0.05) is 29.8 Å². The zero-order valence-electron chi connectivity index (χ0n) is 22.1. The number of aryl methyl sites for hydroxylation is 1. The molecule has 1 aliphatic carbocycles. The third-order valence-electron chi connectivity index (χ3n) is 8.01. The van der Waals surface area contributed by atoms with Crippen LogP contribution in [0.3, 0.4) is 0 Å². The Kier molecular flexibility index (Phi) is 8.52. The van der Waals surface area contributed by atoms with E-state index in [9.17, 15) is 18.3 Å². The van der Waals surface area contributed by atoms with Crippen LogP contribution in [0.25, 0.3) is 0 Å². The highest BCUT2D eigenvalue weighted by Crippen LogP contribution is 2.40. The van der Waals surface area contributed by atoms with Crippen molar-refractivity contribution in [3.05, 3.63) is 70.3 Å². The summed E-state index contributed by atoms with van der Waals surface area (Å²) in [5.74, 6) is 0.342. The number of anilines is 1. The van der Waals surface area contributed by atoms with E-state index < -0.39 is 28.3 Å². The number of hydrogen-bond acceptors (Lipinski definition) is 6. The van der Waals surface area contributed by atoms with E-state index >= 15 is 0 Å². The second-order valence-electron chi connectivity index (χ2n) is 10.9. The number of rotatable bonds is 0. The highest BCUT2D eigenvalue weighted by molar-refractivity contribution is 7.88. The van der Waals surface area contributed by atoms with Crippen LogP contribution in [0.1, 0.15) is 60.5 Å². The fourth-order valence-electron chi connectivity index (χ4n) is 5.72. The second-order valence-corrected chi connectivity index (χ2v) is 12.8. The molecule has 0 aromatic heterocycles. The van der Waals surface area contributed by atoms with Gasteiger partial charge in [0.25, 0.3) is 5.91 Å². The number of amides is 1. The van der Waals surface area contributed by atoms with Crippen molar-refractivity contribution in [1.82, 2.24) is 9.44 Å². The van der Waals surface area contributed by atoms with Crippen molar-refractivity contribution >= 4 is 33.4 Å². The third-order valence-corrected chi connectivity index (χ3v) is 9.42. The summed E-state index contributed by atoms with van der Waals surface area (Å²) in [4.78, 5) is 15.3. The first-order valence-electron chi connectivity index (χ1n) is 13.7.